The molecular weight excluding hydrogens is 276 g/mol. The number of likely N-dealkylation sites (N-methyl/N-ethyl adjacent to an activating group) is 1. The molecule has 0 aromatic heterocycles. The SMILES string of the molecule is CC(Oc1c(Cl)cccc1CNC1CC1)C(=O)N(C)C. The minimum Gasteiger partial charge on any atom is -0.479 e. The van der Waals surface area contributed by atoms with Crippen molar-refractivity contribution < 1.29 is 9.53 Å². The van der Waals surface area contributed by atoms with Gasteiger partial charge >= 0.3 is 0 Å². The van der Waals surface area contributed by atoms with Gasteiger partial charge in [-0.2, -0.15) is 0 Å². The van der Waals surface area contributed by atoms with E-state index in [1.807, 2.05) is 12.1 Å². The van der Waals surface area contributed by atoms with E-state index in [0.29, 0.717) is 23.4 Å². The molecule has 4 nitrogen and oxygen atoms in total. The van der Waals surface area contributed by atoms with Gasteiger partial charge in [0, 0.05) is 32.2 Å². The number of carbonyl (C=O) groups is 1. The third-order valence-electron chi connectivity index (χ3n) is 3.29. The summed E-state index contributed by atoms with van der Waals surface area (Å²) in [5.74, 6) is 0.524. The van der Waals surface area contributed by atoms with Gasteiger partial charge in [-0.15, -0.1) is 0 Å². The van der Waals surface area contributed by atoms with Gasteiger partial charge in [0.2, 0.25) is 0 Å². The van der Waals surface area contributed by atoms with Gasteiger partial charge < -0.3 is 15.0 Å². The Hall–Kier alpha value is -1.26. The van der Waals surface area contributed by atoms with Crippen LogP contribution in [-0.2, 0) is 11.3 Å². The summed E-state index contributed by atoms with van der Waals surface area (Å²) in [5.41, 5.74) is 0.989. The fourth-order valence-electron chi connectivity index (χ4n) is 1.96. The smallest absolute Gasteiger partial charge is 0.262 e. The molecule has 5 heteroatoms. The minimum absolute atomic E-state index is 0.0778. The monoisotopic (exact) mass is 296 g/mol. The summed E-state index contributed by atoms with van der Waals surface area (Å²) in [7, 11) is 3.43. The number of hydrogen-bond acceptors (Lipinski definition) is 3. The van der Waals surface area contributed by atoms with Crippen LogP contribution < -0.4 is 10.1 Å². The molecule has 1 atom stereocenters. The Balaban J connectivity index is 2.09. The number of halogens is 1. The van der Waals surface area contributed by atoms with Crippen LogP contribution in [0.2, 0.25) is 5.02 Å². The van der Waals surface area contributed by atoms with E-state index in [0.717, 1.165) is 5.56 Å². The summed E-state index contributed by atoms with van der Waals surface area (Å²) in [6, 6.07) is 6.27. The zero-order chi connectivity index (χ0) is 14.7. The first-order valence-electron chi connectivity index (χ1n) is 6.87. The van der Waals surface area contributed by atoms with Crippen molar-refractivity contribution in [2.75, 3.05) is 14.1 Å². The maximum Gasteiger partial charge on any atom is 0.262 e. The van der Waals surface area contributed by atoms with Crippen LogP contribution in [0.25, 0.3) is 0 Å². The Kier molecular flexibility index (Phi) is 4.89. The molecule has 0 bridgehead atoms. The average Bonchev–Trinajstić information content (AvgIpc) is 3.22. The first-order chi connectivity index (χ1) is 9.49. The number of nitrogens with zero attached hydrogens (tertiary/aromatic N) is 1. The lowest BCUT2D eigenvalue weighted by Crippen LogP contribution is -2.35. The average molecular weight is 297 g/mol. The Labute approximate surface area is 125 Å². The molecule has 0 saturated heterocycles. The summed E-state index contributed by atoms with van der Waals surface area (Å²) in [4.78, 5) is 13.4. The van der Waals surface area contributed by atoms with Crippen LogP contribution in [0.5, 0.6) is 5.75 Å². The van der Waals surface area contributed by atoms with Crippen LogP contribution in [-0.4, -0.2) is 37.0 Å². The van der Waals surface area contributed by atoms with Gasteiger partial charge in [0.1, 0.15) is 5.75 Å². The van der Waals surface area contributed by atoms with E-state index in [4.69, 9.17) is 16.3 Å². The second-order valence-electron chi connectivity index (χ2n) is 5.38. The van der Waals surface area contributed by atoms with Gasteiger partial charge in [-0.1, -0.05) is 23.7 Å². The van der Waals surface area contributed by atoms with E-state index in [1.165, 1.54) is 17.7 Å². The first kappa shape index (κ1) is 15.1. The van der Waals surface area contributed by atoms with Crippen molar-refractivity contribution >= 4 is 17.5 Å². The topological polar surface area (TPSA) is 41.6 Å². The largest absolute Gasteiger partial charge is 0.479 e. The molecule has 1 aromatic carbocycles. The second-order valence-corrected chi connectivity index (χ2v) is 5.78. The lowest BCUT2D eigenvalue weighted by Gasteiger charge is -2.21. The van der Waals surface area contributed by atoms with Gasteiger partial charge in [0.05, 0.1) is 5.02 Å². The number of benzene rings is 1. The summed E-state index contributed by atoms with van der Waals surface area (Å²) >= 11 is 6.21. The molecular formula is C15H21ClN2O2. The molecule has 0 radical (unpaired) electrons. The molecule has 1 aromatic rings. The predicted molar refractivity (Wildman–Crippen MR) is 80.1 cm³/mol. The standard InChI is InChI=1S/C15H21ClN2O2/c1-10(15(19)18(2)3)20-14-11(5-4-6-13(14)16)9-17-12-7-8-12/h4-6,10,12,17H,7-9H2,1-3H3. The minimum atomic E-state index is -0.551. The van der Waals surface area contributed by atoms with E-state index in [9.17, 15) is 4.79 Å². The van der Waals surface area contributed by atoms with Crippen LogP contribution in [0, 0.1) is 0 Å². The Morgan fingerprint density at radius 3 is 2.80 bits per heavy atom. The molecule has 1 saturated carbocycles. The molecule has 0 heterocycles. The number of ether oxygens (including phenoxy) is 1. The van der Waals surface area contributed by atoms with E-state index in [1.54, 1.807) is 27.1 Å². The molecule has 1 aliphatic carbocycles. The quantitative estimate of drug-likeness (QED) is 0.877. The van der Waals surface area contributed by atoms with Crippen LogP contribution in [0.4, 0.5) is 0 Å². The van der Waals surface area contributed by atoms with Gasteiger partial charge in [-0.25, -0.2) is 0 Å². The molecule has 1 fully saturated rings. The van der Waals surface area contributed by atoms with Crippen LogP contribution >= 0.6 is 11.6 Å². The predicted octanol–water partition coefficient (Wildman–Crippen LogP) is 2.45. The molecule has 1 amide bonds. The van der Waals surface area contributed by atoms with Gasteiger partial charge in [-0.05, 0) is 25.8 Å². The fourth-order valence-corrected chi connectivity index (χ4v) is 2.20. The maximum atomic E-state index is 11.9. The Bertz CT molecular complexity index is 487. The normalized spacial score (nSPS) is 15.8. The zero-order valence-electron chi connectivity index (χ0n) is 12.1. The molecule has 0 spiro atoms. The lowest BCUT2D eigenvalue weighted by molar-refractivity contribution is -0.135. The highest BCUT2D eigenvalue weighted by molar-refractivity contribution is 6.32. The molecule has 20 heavy (non-hydrogen) atoms. The van der Waals surface area contributed by atoms with Crippen molar-refractivity contribution in [1.29, 1.82) is 0 Å². The van der Waals surface area contributed by atoms with E-state index in [2.05, 4.69) is 5.32 Å². The van der Waals surface area contributed by atoms with E-state index < -0.39 is 6.10 Å². The van der Waals surface area contributed by atoms with E-state index >= 15 is 0 Å². The molecule has 1 aliphatic rings. The van der Waals surface area contributed by atoms with Crippen molar-refractivity contribution in [3.63, 3.8) is 0 Å². The first-order valence-corrected chi connectivity index (χ1v) is 7.25. The number of carbonyl (C=O) groups excluding carboxylic acids is 1. The Morgan fingerprint density at radius 1 is 1.50 bits per heavy atom. The molecule has 1 unspecified atom stereocenters. The second kappa shape index (κ2) is 6.46. The summed E-state index contributed by atoms with van der Waals surface area (Å²) in [6.07, 6.45) is 1.91. The number of nitrogens with one attached hydrogen (secondary N) is 1. The summed E-state index contributed by atoms with van der Waals surface area (Å²) in [6.45, 7) is 2.45. The molecule has 1 N–H and O–H groups in total. The number of hydrogen-bond donors (Lipinski definition) is 1. The molecule has 110 valence electrons. The highest BCUT2D eigenvalue weighted by atomic mass is 35.5. The third-order valence-corrected chi connectivity index (χ3v) is 3.59. The van der Waals surface area contributed by atoms with Crippen LogP contribution in [0.3, 0.4) is 0 Å². The van der Waals surface area contributed by atoms with Gasteiger partial charge in [-0.3, -0.25) is 4.79 Å². The fraction of sp³-hybridized carbons (Fsp3) is 0.533. The van der Waals surface area contributed by atoms with Crippen molar-refractivity contribution in [3.05, 3.63) is 28.8 Å². The van der Waals surface area contributed by atoms with E-state index in [-0.39, 0.29) is 5.91 Å². The summed E-state index contributed by atoms with van der Waals surface area (Å²) < 4.78 is 5.79. The highest BCUT2D eigenvalue weighted by Gasteiger charge is 2.23. The van der Waals surface area contributed by atoms with Crippen LogP contribution in [0.15, 0.2) is 18.2 Å². The van der Waals surface area contributed by atoms with Crippen molar-refractivity contribution in [2.45, 2.75) is 38.5 Å². The maximum absolute atomic E-state index is 11.9. The van der Waals surface area contributed by atoms with Crippen molar-refractivity contribution in [3.8, 4) is 5.75 Å². The van der Waals surface area contributed by atoms with Gasteiger partial charge in [0.25, 0.3) is 5.91 Å². The van der Waals surface area contributed by atoms with Crippen molar-refractivity contribution in [2.24, 2.45) is 0 Å². The zero-order valence-corrected chi connectivity index (χ0v) is 12.9. The number of amides is 1. The molecule has 0 aliphatic heterocycles. The summed E-state index contributed by atoms with van der Waals surface area (Å²) in [5, 5.41) is 3.97. The number of rotatable bonds is 6. The lowest BCUT2D eigenvalue weighted by atomic mass is 10.2. The van der Waals surface area contributed by atoms with Crippen molar-refractivity contribution in [1.82, 2.24) is 10.2 Å². The van der Waals surface area contributed by atoms with Crippen LogP contribution in [0.1, 0.15) is 25.3 Å². The molecule has 2 rings (SSSR count). The Morgan fingerprint density at radius 2 is 2.20 bits per heavy atom. The number of para-hydroxylation sites is 1. The highest BCUT2D eigenvalue weighted by Crippen LogP contribution is 2.30. The third kappa shape index (κ3) is 3.87. The van der Waals surface area contributed by atoms with Gasteiger partial charge in [0.15, 0.2) is 6.10 Å².